The quantitative estimate of drug-likeness (QED) is 0.483. The Kier molecular flexibility index (Phi) is 3.90. The molecule has 0 radical (unpaired) electrons. The van der Waals surface area contributed by atoms with Gasteiger partial charge in [-0.25, -0.2) is 0 Å². The minimum atomic E-state index is -0.720. The molecule has 0 atom stereocenters. The number of nitriles is 1. The van der Waals surface area contributed by atoms with Gasteiger partial charge in [0.15, 0.2) is 0 Å². The molecule has 1 aromatic carbocycles. The lowest BCUT2D eigenvalue weighted by atomic mass is 10.1. The third kappa shape index (κ3) is 3.09. The maximum absolute atomic E-state index is 10.7. The van der Waals surface area contributed by atoms with Crippen LogP contribution in [0.3, 0.4) is 0 Å². The first-order chi connectivity index (χ1) is 7.95. The van der Waals surface area contributed by atoms with Crippen molar-refractivity contribution in [3.63, 3.8) is 0 Å². The fraction of sp³-hybridized carbons (Fsp3) is 0. The Morgan fingerprint density at radius 1 is 1.41 bits per heavy atom. The van der Waals surface area contributed by atoms with Crippen molar-refractivity contribution in [1.29, 1.82) is 5.26 Å². The summed E-state index contributed by atoms with van der Waals surface area (Å²) in [5.41, 5.74) is -0.188. The van der Waals surface area contributed by atoms with E-state index in [1.54, 1.807) is 6.07 Å². The van der Waals surface area contributed by atoms with Crippen molar-refractivity contribution in [1.82, 2.24) is 0 Å². The molecule has 0 spiro atoms. The highest BCUT2D eigenvalue weighted by Crippen LogP contribution is 2.24. The number of nitro groups is 2. The second-order valence-corrected chi connectivity index (χ2v) is 3.68. The predicted octanol–water partition coefficient (Wildman–Crippen LogP) is 2.44. The van der Waals surface area contributed by atoms with Crippen LogP contribution in [0.15, 0.2) is 22.8 Å². The number of hydrogen-bond acceptors (Lipinski definition) is 5. The fourth-order valence-corrected chi connectivity index (χ4v) is 1.32. The van der Waals surface area contributed by atoms with Gasteiger partial charge in [0.05, 0.1) is 27.0 Å². The van der Waals surface area contributed by atoms with Crippen LogP contribution in [-0.2, 0) is 0 Å². The Bertz CT molecular complexity index is 562. The summed E-state index contributed by atoms with van der Waals surface area (Å²) in [5, 5.41) is 29.7. The number of nitrogens with zero attached hydrogens (tertiary/aromatic N) is 3. The van der Waals surface area contributed by atoms with Gasteiger partial charge in [-0.15, -0.1) is 0 Å². The lowest BCUT2D eigenvalue weighted by molar-refractivity contribution is -0.407. The van der Waals surface area contributed by atoms with Gasteiger partial charge in [-0.2, -0.15) is 5.26 Å². The predicted molar refractivity (Wildman–Crippen MR) is 61.7 cm³/mol. The topological polar surface area (TPSA) is 110 Å². The molecular formula is C9H4BrN3O4. The van der Waals surface area contributed by atoms with E-state index < -0.39 is 14.5 Å². The summed E-state index contributed by atoms with van der Waals surface area (Å²) >= 11 is 2.67. The van der Waals surface area contributed by atoms with E-state index >= 15 is 0 Å². The molecule has 0 N–H and O–H groups in total. The Labute approximate surface area is 103 Å². The average molecular weight is 298 g/mol. The molecule has 7 nitrogen and oxygen atoms in total. The molecule has 17 heavy (non-hydrogen) atoms. The zero-order valence-electron chi connectivity index (χ0n) is 8.16. The number of hydrogen-bond donors (Lipinski definition) is 0. The monoisotopic (exact) mass is 297 g/mol. The molecule has 0 saturated heterocycles. The Morgan fingerprint density at radius 2 is 2.06 bits per heavy atom. The largest absolute Gasteiger partial charge is 0.311 e. The SMILES string of the molecule is N#Cc1ccc(C=C(Br)[N+](=O)[O-])c([N+](=O)[O-])c1. The molecular weight excluding hydrogens is 294 g/mol. The van der Waals surface area contributed by atoms with Crippen molar-refractivity contribution < 1.29 is 9.85 Å². The zero-order valence-corrected chi connectivity index (χ0v) is 9.75. The molecule has 0 aliphatic heterocycles. The highest BCUT2D eigenvalue weighted by atomic mass is 79.9. The first-order valence-electron chi connectivity index (χ1n) is 4.16. The van der Waals surface area contributed by atoms with E-state index in [1.807, 2.05) is 0 Å². The molecule has 0 saturated carbocycles. The Balaban J connectivity index is 3.35. The van der Waals surface area contributed by atoms with Crippen molar-refractivity contribution in [3.8, 4) is 6.07 Å². The van der Waals surface area contributed by atoms with E-state index in [0.717, 1.165) is 12.1 Å². The summed E-state index contributed by atoms with van der Waals surface area (Å²) in [4.78, 5) is 19.7. The molecule has 0 heterocycles. The van der Waals surface area contributed by atoms with Gasteiger partial charge in [0.1, 0.15) is 0 Å². The molecule has 0 fully saturated rings. The van der Waals surface area contributed by atoms with Crippen LogP contribution in [-0.4, -0.2) is 9.85 Å². The van der Waals surface area contributed by atoms with E-state index in [4.69, 9.17) is 5.26 Å². The van der Waals surface area contributed by atoms with E-state index in [0.29, 0.717) is 0 Å². The molecule has 1 rings (SSSR count). The van der Waals surface area contributed by atoms with E-state index in [-0.39, 0.29) is 16.8 Å². The van der Waals surface area contributed by atoms with E-state index in [2.05, 4.69) is 15.9 Å². The van der Waals surface area contributed by atoms with Crippen molar-refractivity contribution in [3.05, 3.63) is 54.2 Å². The molecule has 8 heteroatoms. The van der Waals surface area contributed by atoms with Gasteiger partial charge < -0.3 is 0 Å². The van der Waals surface area contributed by atoms with E-state index in [1.165, 1.54) is 12.1 Å². The molecule has 0 aliphatic rings. The normalized spacial score (nSPS) is 10.7. The zero-order chi connectivity index (χ0) is 13.0. The first kappa shape index (κ1) is 12.8. The molecule has 0 aliphatic carbocycles. The Morgan fingerprint density at radius 3 is 2.53 bits per heavy atom. The van der Waals surface area contributed by atoms with Crippen molar-refractivity contribution >= 4 is 27.7 Å². The van der Waals surface area contributed by atoms with Gasteiger partial charge in [-0.05, 0) is 12.1 Å². The third-order valence-electron chi connectivity index (χ3n) is 1.81. The molecule has 0 aromatic heterocycles. The Hall–Kier alpha value is -2.27. The highest BCUT2D eigenvalue weighted by Gasteiger charge is 2.16. The van der Waals surface area contributed by atoms with Gasteiger partial charge in [0.2, 0.25) is 0 Å². The van der Waals surface area contributed by atoms with Crippen molar-refractivity contribution in [2.24, 2.45) is 0 Å². The van der Waals surface area contributed by atoms with Gasteiger partial charge in [-0.3, -0.25) is 20.2 Å². The van der Waals surface area contributed by atoms with Crippen LogP contribution < -0.4 is 0 Å². The second kappa shape index (κ2) is 5.18. The van der Waals surface area contributed by atoms with E-state index in [9.17, 15) is 20.2 Å². The maximum atomic E-state index is 10.7. The smallest absolute Gasteiger partial charge is 0.258 e. The second-order valence-electron chi connectivity index (χ2n) is 2.87. The van der Waals surface area contributed by atoms with Crippen LogP contribution in [0.2, 0.25) is 0 Å². The average Bonchev–Trinajstić information content (AvgIpc) is 2.29. The molecule has 1 aromatic rings. The highest BCUT2D eigenvalue weighted by molar-refractivity contribution is 9.11. The number of halogens is 1. The minimum absolute atomic E-state index is 0.0533. The van der Waals surface area contributed by atoms with Crippen molar-refractivity contribution in [2.45, 2.75) is 0 Å². The third-order valence-corrected chi connectivity index (χ3v) is 2.32. The number of nitro benzene ring substituents is 1. The van der Waals surface area contributed by atoms with Gasteiger partial charge in [0, 0.05) is 28.1 Å². The van der Waals surface area contributed by atoms with Crippen LogP contribution in [0.4, 0.5) is 5.69 Å². The van der Waals surface area contributed by atoms with Crippen LogP contribution in [0.25, 0.3) is 6.08 Å². The molecule has 86 valence electrons. The maximum Gasteiger partial charge on any atom is 0.311 e. The van der Waals surface area contributed by atoms with Crippen LogP contribution in [0, 0.1) is 31.6 Å². The fourth-order valence-electron chi connectivity index (χ4n) is 1.07. The van der Waals surface area contributed by atoms with Crippen LogP contribution in [0.5, 0.6) is 0 Å². The van der Waals surface area contributed by atoms with Gasteiger partial charge in [0.25, 0.3) is 5.69 Å². The molecule has 0 bridgehead atoms. The number of benzene rings is 1. The van der Waals surface area contributed by atoms with Crippen LogP contribution in [0.1, 0.15) is 11.1 Å². The van der Waals surface area contributed by atoms with Gasteiger partial charge in [-0.1, -0.05) is 0 Å². The lowest BCUT2D eigenvalue weighted by Gasteiger charge is -1.97. The number of rotatable bonds is 3. The molecule has 0 amide bonds. The first-order valence-corrected chi connectivity index (χ1v) is 4.95. The summed E-state index contributed by atoms with van der Waals surface area (Å²) in [6, 6.07) is 5.44. The van der Waals surface area contributed by atoms with Gasteiger partial charge >= 0.3 is 4.61 Å². The summed E-state index contributed by atoms with van der Waals surface area (Å²) in [6.45, 7) is 0. The van der Waals surface area contributed by atoms with Crippen LogP contribution >= 0.6 is 15.9 Å². The van der Waals surface area contributed by atoms with Crippen molar-refractivity contribution in [2.75, 3.05) is 0 Å². The summed E-state index contributed by atoms with van der Waals surface area (Å²) in [7, 11) is 0. The standard InChI is InChI=1S/C9H4BrN3O4/c10-9(13(16)17)4-7-2-1-6(5-11)3-8(7)12(14)15/h1-4H. The summed E-state index contributed by atoms with van der Waals surface area (Å²) in [5.74, 6) is 0. The lowest BCUT2D eigenvalue weighted by Crippen LogP contribution is -1.95. The summed E-state index contributed by atoms with van der Waals surface area (Å²) in [6.07, 6.45) is 1.01. The minimum Gasteiger partial charge on any atom is -0.258 e. The molecule has 0 unspecified atom stereocenters. The summed E-state index contributed by atoms with van der Waals surface area (Å²) < 4.78 is -0.398.